The lowest BCUT2D eigenvalue weighted by atomic mass is 10.1. The normalized spacial score (nSPS) is 18.2. The fourth-order valence-corrected chi connectivity index (χ4v) is 3.31. The van der Waals surface area contributed by atoms with E-state index in [1.807, 2.05) is 18.2 Å². The number of H-pyrrole nitrogens is 1. The predicted molar refractivity (Wildman–Crippen MR) is 98.7 cm³/mol. The van der Waals surface area contributed by atoms with E-state index >= 15 is 0 Å². The van der Waals surface area contributed by atoms with Crippen molar-refractivity contribution in [2.24, 2.45) is 0 Å². The Kier molecular flexibility index (Phi) is 5.28. The van der Waals surface area contributed by atoms with Crippen LogP contribution in [0.2, 0.25) is 0 Å². The van der Waals surface area contributed by atoms with Gasteiger partial charge in [-0.3, -0.25) is 9.69 Å². The summed E-state index contributed by atoms with van der Waals surface area (Å²) in [5.41, 5.74) is 1.95. The number of piperazine rings is 1. The summed E-state index contributed by atoms with van der Waals surface area (Å²) in [6.07, 6.45) is 1.63. The number of aromatic amines is 1. The molecule has 0 radical (unpaired) electrons. The van der Waals surface area contributed by atoms with Crippen LogP contribution >= 0.6 is 0 Å². The van der Waals surface area contributed by atoms with Crippen LogP contribution in [0.25, 0.3) is 0 Å². The molecule has 0 amide bonds. The molecule has 1 unspecified atom stereocenters. The number of rotatable bonds is 5. The van der Waals surface area contributed by atoms with Crippen LogP contribution in [0.1, 0.15) is 12.6 Å². The Morgan fingerprint density at radius 3 is 2.60 bits per heavy atom. The molecule has 6 heteroatoms. The van der Waals surface area contributed by atoms with Crippen molar-refractivity contribution in [2.45, 2.75) is 19.5 Å². The molecule has 3 rings (SSSR count). The third kappa shape index (κ3) is 3.79. The van der Waals surface area contributed by atoms with Gasteiger partial charge in [0.1, 0.15) is 5.75 Å². The van der Waals surface area contributed by atoms with Crippen molar-refractivity contribution in [2.75, 3.05) is 38.8 Å². The zero-order valence-electron chi connectivity index (χ0n) is 15.0. The Labute approximate surface area is 148 Å². The van der Waals surface area contributed by atoms with E-state index in [0.717, 1.165) is 43.3 Å². The molecule has 1 aliphatic heterocycles. The minimum atomic E-state index is -0.0865. The standard InChI is InChI=1S/C19H25N3O3/c1-14-12-22(16-6-4-5-7-18(16)24-2)9-8-21(14)13-15-10-17(23)19(25-3)11-20-15/h4-7,10-11,14H,8-9,12-13H2,1-3H3,(H,20,23). The Morgan fingerprint density at radius 1 is 1.16 bits per heavy atom. The number of anilines is 1. The van der Waals surface area contributed by atoms with Crippen LogP contribution in [-0.4, -0.2) is 49.8 Å². The Bertz CT molecular complexity index is 775. The van der Waals surface area contributed by atoms with E-state index in [-0.39, 0.29) is 5.43 Å². The Balaban J connectivity index is 1.68. The molecule has 1 saturated heterocycles. The largest absolute Gasteiger partial charge is 0.495 e. The van der Waals surface area contributed by atoms with E-state index in [1.54, 1.807) is 19.4 Å². The Hall–Kier alpha value is -2.47. The van der Waals surface area contributed by atoms with Gasteiger partial charge >= 0.3 is 0 Å². The van der Waals surface area contributed by atoms with E-state index in [1.165, 1.54) is 7.11 Å². The van der Waals surface area contributed by atoms with Crippen LogP contribution in [0.4, 0.5) is 5.69 Å². The van der Waals surface area contributed by atoms with Gasteiger partial charge in [-0.2, -0.15) is 0 Å². The minimum Gasteiger partial charge on any atom is -0.495 e. The third-order valence-electron chi connectivity index (χ3n) is 4.72. The van der Waals surface area contributed by atoms with Gasteiger partial charge in [-0.05, 0) is 19.1 Å². The quantitative estimate of drug-likeness (QED) is 0.901. The first-order valence-electron chi connectivity index (χ1n) is 8.50. The van der Waals surface area contributed by atoms with Crippen molar-refractivity contribution in [3.63, 3.8) is 0 Å². The first-order chi connectivity index (χ1) is 12.1. The lowest BCUT2D eigenvalue weighted by Crippen LogP contribution is -2.51. The summed E-state index contributed by atoms with van der Waals surface area (Å²) in [6, 6.07) is 10.1. The first-order valence-corrected chi connectivity index (χ1v) is 8.50. The average molecular weight is 343 g/mol. The van der Waals surface area contributed by atoms with Crippen LogP contribution in [-0.2, 0) is 6.54 Å². The fourth-order valence-electron chi connectivity index (χ4n) is 3.31. The number of hydrogen-bond donors (Lipinski definition) is 1. The van der Waals surface area contributed by atoms with Gasteiger partial charge in [-0.25, -0.2) is 0 Å². The average Bonchev–Trinajstić information content (AvgIpc) is 2.63. The van der Waals surface area contributed by atoms with Crippen LogP contribution in [0.15, 0.2) is 41.3 Å². The smallest absolute Gasteiger partial charge is 0.223 e. The van der Waals surface area contributed by atoms with Crippen LogP contribution < -0.4 is 19.8 Å². The number of nitrogens with one attached hydrogen (secondary N) is 1. The van der Waals surface area contributed by atoms with Gasteiger partial charge < -0.3 is 19.4 Å². The second-order valence-electron chi connectivity index (χ2n) is 6.33. The first kappa shape index (κ1) is 17.4. The van der Waals surface area contributed by atoms with E-state index in [0.29, 0.717) is 11.8 Å². The monoisotopic (exact) mass is 343 g/mol. The Morgan fingerprint density at radius 2 is 1.92 bits per heavy atom. The molecule has 0 saturated carbocycles. The summed E-state index contributed by atoms with van der Waals surface area (Å²) in [6.45, 7) is 5.70. The highest BCUT2D eigenvalue weighted by atomic mass is 16.5. The zero-order chi connectivity index (χ0) is 17.8. The lowest BCUT2D eigenvalue weighted by Gasteiger charge is -2.41. The summed E-state index contributed by atoms with van der Waals surface area (Å²) in [4.78, 5) is 19.8. The number of pyridine rings is 1. The maximum atomic E-state index is 11.9. The molecule has 1 aromatic heterocycles. The zero-order valence-corrected chi connectivity index (χ0v) is 15.0. The van der Waals surface area contributed by atoms with Gasteiger partial charge in [0.2, 0.25) is 5.43 Å². The molecule has 0 spiro atoms. The molecule has 1 fully saturated rings. The maximum Gasteiger partial charge on any atom is 0.223 e. The van der Waals surface area contributed by atoms with E-state index in [2.05, 4.69) is 27.8 Å². The minimum absolute atomic E-state index is 0.0865. The number of ether oxygens (including phenoxy) is 2. The highest BCUT2D eigenvalue weighted by molar-refractivity contribution is 5.58. The SMILES string of the molecule is COc1ccccc1N1CCN(Cc2cc(=O)c(OC)c[nH]2)C(C)C1. The van der Waals surface area contributed by atoms with Crippen LogP contribution in [0, 0.1) is 0 Å². The summed E-state index contributed by atoms with van der Waals surface area (Å²) < 4.78 is 10.5. The van der Waals surface area contributed by atoms with Crippen LogP contribution in [0.3, 0.4) is 0 Å². The molecule has 1 N–H and O–H groups in total. The van der Waals surface area contributed by atoms with Crippen molar-refractivity contribution in [1.29, 1.82) is 0 Å². The number of aromatic nitrogens is 1. The molecular weight excluding hydrogens is 318 g/mol. The topological polar surface area (TPSA) is 57.8 Å². The summed E-state index contributed by atoms with van der Waals surface area (Å²) in [5, 5.41) is 0. The van der Waals surface area contributed by atoms with Gasteiger partial charge in [-0.15, -0.1) is 0 Å². The predicted octanol–water partition coefficient (Wildman–Crippen LogP) is 2.10. The second-order valence-corrected chi connectivity index (χ2v) is 6.33. The fraction of sp³-hybridized carbons (Fsp3) is 0.421. The molecule has 2 aromatic rings. The van der Waals surface area contributed by atoms with Crippen molar-refractivity contribution in [1.82, 2.24) is 9.88 Å². The van der Waals surface area contributed by atoms with Crippen molar-refractivity contribution >= 4 is 5.69 Å². The van der Waals surface area contributed by atoms with Crippen molar-refractivity contribution < 1.29 is 9.47 Å². The summed E-state index contributed by atoms with van der Waals surface area (Å²) in [7, 11) is 3.21. The second kappa shape index (κ2) is 7.61. The molecule has 0 aliphatic carbocycles. The molecular formula is C19H25N3O3. The van der Waals surface area contributed by atoms with Gasteiger partial charge in [0.15, 0.2) is 5.75 Å². The third-order valence-corrected chi connectivity index (χ3v) is 4.72. The maximum absolute atomic E-state index is 11.9. The molecule has 134 valence electrons. The molecule has 6 nitrogen and oxygen atoms in total. The molecule has 2 heterocycles. The lowest BCUT2D eigenvalue weighted by molar-refractivity contribution is 0.178. The number of para-hydroxylation sites is 2. The van der Waals surface area contributed by atoms with Crippen molar-refractivity contribution in [3.8, 4) is 11.5 Å². The van der Waals surface area contributed by atoms with E-state index < -0.39 is 0 Å². The molecule has 25 heavy (non-hydrogen) atoms. The summed E-state index contributed by atoms with van der Waals surface area (Å²) >= 11 is 0. The highest BCUT2D eigenvalue weighted by Crippen LogP contribution is 2.29. The van der Waals surface area contributed by atoms with Gasteiger partial charge in [0.25, 0.3) is 0 Å². The molecule has 0 bridgehead atoms. The van der Waals surface area contributed by atoms with Crippen LogP contribution in [0.5, 0.6) is 11.5 Å². The van der Waals surface area contributed by atoms with Crippen molar-refractivity contribution in [3.05, 3.63) is 52.4 Å². The number of methoxy groups -OCH3 is 2. The van der Waals surface area contributed by atoms with E-state index in [9.17, 15) is 4.79 Å². The van der Waals surface area contributed by atoms with Gasteiger partial charge in [0.05, 0.1) is 19.9 Å². The number of benzene rings is 1. The molecule has 1 aromatic carbocycles. The van der Waals surface area contributed by atoms with Gasteiger partial charge in [-0.1, -0.05) is 12.1 Å². The van der Waals surface area contributed by atoms with E-state index in [4.69, 9.17) is 9.47 Å². The van der Waals surface area contributed by atoms with Gasteiger partial charge in [0, 0.05) is 50.2 Å². The summed E-state index contributed by atoms with van der Waals surface area (Å²) in [5.74, 6) is 1.25. The molecule has 1 aliphatic rings. The number of hydrogen-bond acceptors (Lipinski definition) is 5. The highest BCUT2D eigenvalue weighted by Gasteiger charge is 2.25. The number of nitrogens with zero attached hydrogens (tertiary/aromatic N) is 2. The molecule has 1 atom stereocenters.